The number of benzene rings is 1. The van der Waals surface area contributed by atoms with Crippen LogP contribution in [0.25, 0.3) is 11.0 Å². The van der Waals surface area contributed by atoms with Gasteiger partial charge < -0.3 is 19.0 Å². The lowest BCUT2D eigenvalue weighted by molar-refractivity contribution is 0.242. The van der Waals surface area contributed by atoms with Gasteiger partial charge in [-0.2, -0.15) is 0 Å². The van der Waals surface area contributed by atoms with Crippen molar-refractivity contribution in [1.82, 2.24) is 0 Å². The highest BCUT2D eigenvalue weighted by atomic mass is 16.5. The highest BCUT2D eigenvalue weighted by Crippen LogP contribution is 2.33. The molecule has 0 bridgehead atoms. The van der Waals surface area contributed by atoms with E-state index in [1.54, 1.807) is 18.2 Å². The van der Waals surface area contributed by atoms with Gasteiger partial charge in [-0.1, -0.05) is 26.2 Å². The summed E-state index contributed by atoms with van der Waals surface area (Å²) in [6.07, 6.45) is 8.80. The number of hydrogen-bond acceptors (Lipinski definition) is 5. The monoisotopic (exact) mass is 346 g/mol. The van der Waals surface area contributed by atoms with Gasteiger partial charge in [-0.3, -0.25) is 0 Å². The van der Waals surface area contributed by atoms with Crippen LogP contribution in [0.4, 0.5) is 0 Å². The van der Waals surface area contributed by atoms with Gasteiger partial charge in [-0.25, -0.2) is 4.79 Å². The molecule has 1 N–H and O–H groups in total. The third kappa shape index (κ3) is 5.28. The number of hydrogen-bond donors (Lipinski definition) is 1. The van der Waals surface area contributed by atoms with Crippen LogP contribution < -0.4 is 15.1 Å². The lowest BCUT2D eigenvalue weighted by Crippen LogP contribution is -2.06. The van der Waals surface area contributed by atoms with Crippen molar-refractivity contribution in [1.29, 1.82) is 0 Å². The maximum atomic E-state index is 12.1. The predicted molar refractivity (Wildman–Crippen MR) is 98.4 cm³/mol. The Bertz CT molecular complexity index is 773. The fourth-order valence-electron chi connectivity index (χ4n) is 2.47. The van der Waals surface area contributed by atoms with Gasteiger partial charge >= 0.3 is 5.63 Å². The van der Waals surface area contributed by atoms with E-state index < -0.39 is 5.63 Å². The van der Waals surface area contributed by atoms with Crippen LogP contribution in [-0.2, 0) is 0 Å². The molecule has 0 saturated heterocycles. The summed E-state index contributed by atoms with van der Waals surface area (Å²) in [6.45, 7) is 5.98. The fraction of sp³-hybridized carbons (Fsp3) is 0.450. The number of fused-ring (bicyclic) bond motifs is 1. The Balaban J connectivity index is 2.13. The van der Waals surface area contributed by atoms with Gasteiger partial charge in [0.15, 0.2) is 5.75 Å². The highest BCUT2D eigenvalue weighted by Gasteiger charge is 2.15. The molecule has 136 valence electrons. The van der Waals surface area contributed by atoms with E-state index in [1.807, 2.05) is 19.9 Å². The largest absolute Gasteiger partial charge is 0.504 e. The normalized spacial score (nSPS) is 11.5. The van der Waals surface area contributed by atoms with Crippen LogP contribution in [0.3, 0.4) is 0 Å². The van der Waals surface area contributed by atoms with E-state index in [4.69, 9.17) is 13.9 Å². The molecular weight excluding hydrogens is 320 g/mol. The van der Waals surface area contributed by atoms with Gasteiger partial charge in [0.2, 0.25) is 0 Å². The zero-order chi connectivity index (χ0) is 18.2. The molecule has 0 aliphatic carbocycles. The Labute approximate surface area is 147 Å². The molecule has 0 amide bonds. The zero-order valence-electron chi connectivity index (χ0n) is 15.1. The van der Waals surface area contributed by atoms with Crippen molar-refractivity contribution in [3.63, 3.8) is 0 Å². The Morgan fingerprint density at radius 1 is 1.24 bits per heavy atom. The maximum Gasteiger partial charge on any atom is 0.383 e. The molecule has 0 aliphatic heterocycles. The third-order valence-electron chi connectivity index (χ3n) is 3.69. The summed E-state index contributed by atoms with van der Waals surface area (Å²) in [4.78, 5) is 12.1. The molecule has 1 aromatic heterocycles. The molecular formula is C20H26O5. The van der Waals surface area contributed by atoms with Gasteiger partial charge in [0.25, 0.3) is 5.75 Å². The Morgan fingerprint density at radius 3 is 2.76 bits per heavy atom. The molecule has 2 aromatic rings. The van der Waals surface area contributed by atoms with Crippen LogP contribution in [-0.4, -0.2) is 11.2 Å². The third-order valence-corrected chi connectivity index (χ3v) is 3.69. The summed E-state index contributed by atoms with van der Waals surface area (Å²) in [5.41, 5.74) is -0.459. The molecule has 0 aliphatic rings. The summed E-state index contributed by atoms with van der Waals surface area (Å²) in [5.74, 6) is 0.151. The lowest BCUT2D eigenvalue weighted by atomic mass is 10.1. The number of unbranched alkanes of at least 4 members (excludes halogenated alkanes) is 4. The topological polar surface area (TPSA) is 68.9 Å². The van der Waals surface area contributed by atoms with Gasteiger partial charge in [0.05, 0.1) is 17.8 Å². The molecule has 0 saturated carbocycles. The second-order valence-corrected chi connectivity index (χ2v) is 6.23. The van der Waals surface area contributed by atoms with Gasteiger partial charge in [0, 0.05) is 6.07 Å². The van der Waals surface area contributed by atoms with Crippen molar-refractivity contribution in [2.45, 2.75) is 59.0 Å². The second kappa shape index (κ2) is 9.16. The molecule has 25 heavy (non-hydrogen) atoms. The van der Waals surface area contributed by atoms with Crippen LogP contribution in [0.15, 0.2) is 39.7 Å². The van der Waals surface area contributed by atoms with Crippen molar-refractivity contribution >= 4 is 11.0 Å². The molecule has 5 nitrogen and oxygen atoms in total. The number of rotatable bonds is 9. The first-order chi connectivity index (χ1) is 12.0. The predicted octanol–water partition coefficient (Wildman–Crippen LogP) is 5.15. The summed E-state index contributed by atoms with van der Waals surface area (Å²) < 4.78 is 16.1. The van der Waals surface area contributed by atoms with E-state index in [9.17, 15) is 9.90 Å². The number of ether oxygens (including phenoxy) is 2. The fourth-order valence-corrected chi connectivity index (χ4v) is 2.47. The Hall–Kier alpha value is -2.43. The second-order valence-electron chi connectivity index (χ2n) is 6.23. The van der Waals surface area contributed by atoms with Crippen molar-refractivity contribution in [3.8, 4) is 17.2 Å². The summed E-state index contributed by atoms with van der Waals surface area (Å²) in [7, 11) is 0. The first-order valence-corrected chi connectivity index (χ1v) is 8.81. The molecule has 0 spiro atoms. The van der Waals surface area contributed by atoms with Crippen LogP contribution in [0.5, 0.6) is 17.2 Å². The standard InChI is InChI=1S/C20H26O5/c1-4-5-6-7-8-9-12-23-19-18(21)16-11-10-15(24-14(2)3)13-17(16)25-20(19)22/h9-14,21H,4-8H2,1-3H3/b12-9+. The SMILES string of the molecule is CCCCCC/C=C/Oc1c(O)c2ccc(OC(C)C)cc2oc1=O. The van der Waals surface area contributed by atoms with E-state index >= 15 is 0 Å². The van der Waals surface area contributed by atoms with Gasteiger partial charge in [0.1, 0.15) is 11.3 Å². The minimum absolute atomic E-state index is 0.00263. The van der Waals surface area contributed by atoms with Crippen molar-refractivity contribution in [2.75, 3.05) is 0 Å². The highest BCUT2D eigenvalue weighted by molar-refractivity contribution is 5.86. The van der Waals surface area contributed by atoms with Crippen LogP contribution in [0.2, 0.25) is 0 Å². The van der Waals surface area contributed by atoms with E-state index in [1.165, 1.54) is 25.5 Å². The average Bonchev–Trinajstić information content (AvgIpc) is 2.55. The van der Waals surface area contributed by atoms with Crippen LogP contribution in [0.1, 0.15) is 52.9 Å². The summed E-state index contributed by atoms with van der Waals surface area (Å²) in [5, 5.41) is 10.7. The lowest BCUT2D eigenvalue weighted by Gasteiger charge is -2.10. The average molecular weight is 346 g/mol. The minimum Gasteiger partial charge on any atom is -0.504 e. The summed E-state index contributed by atoms with van der Waals surface area (Å²) >= 11 is 0. The molecule has 1 heterocycles. The van der Waals surface area contributed by atoms with Gasteiger partial charge in [-0.05, 0) is 44.9 Å². The van der Waals surface area contributed by atoms with Crippen molar-refractivity contribution < 1.29 is 19.0 Å². The molecule has 1 aromatic carbocycles. The molecule has 2 rings (SSSR count). The van der Waals surface area contributed by atoms with E-state index in [2.05, 4.69) is 6.92 Å². The zero-order valence-corrected chi connectivity index (χ0v) is 15.1. The smallest absolute Gasteiger partial charge is 0.383 e. The Morgan fingerprint density at radius 2 is 2.04 bits per heavy atom. The maximum absolute atomic E-state index is 12.1. The first kappa shape index (κ1) is 18.9. The minimum atomic E-state index is -0.720. The summed E-state index contributed by atoms with van der Waals surface area (Å²) in [6, 6.07) is 4.95. The van der Waals surface area contributed by atoms with E-state index in [0.717, 1.165) is 12.8 Å². The van der Waals surface area contributed by atoms with Crippen molar-refractivity contribution in [2.24, 2.45) is 0 Å². The Kier molecular flexibility index (Phi) is 6.92. The molecule has 0 unspecified atom stereocenters. The molecule has 0 fully saturated rings. The molecule has 5 heteroatoms. The van der Waals surface area contributed by atoms with Crippen LogP contribution >= 0.6 is 0 Å². The van der Waals surface area contributed by atoms with Crippen molar-refractivity contribution in [3.05, 3.63) is 41.0 Å². The van der Waals surface area contributed by atoms with E-state index in [0.29, 0.717) is 11.1 Å². The number of aromatic hydroxyl groups is 1. The van der Waals surface area contributed by atoms with Crippen LogP contribution in [0, 0.1) is 0 Å². The molecule has 0 atom stereocenters. The molecule has 0 radical (unpaired) electrons. The van der Waals surface area contributed by atoms with E-state index in [-0.39, 0.29) is 23.2 Å². The quantitative estimate of drug-likeness (QED) is 0.386. The van der Waals surface area contributed by atoms with Gasteiger partial charge in [-0.15, -0.1) is 0 Å². The number of allylic oxidation sites excluding steroid dienone is 1. The first-order valence-electron chi connectivity index (χ1n) is 8.81.